The molecule has 0 saturated carbocycles. The second kappa shape index (κ2) is 10.4. The largest absolute Gasteiger partial charge is 0.469 e. The van der Waals surface area contributed by atoms with Crippen molar-refractivity contribution in [3.8, 4) is 11.1 Å². The molecule has 0 bridgehead atoms. The molecule has 0 aliphatic carbocycles. The molecule has 0 aliphatic heterocycles. The van der Waals surface area contributed by atoms with Crippen molar-refractivity contribution < 1.29 is 23.1 Å². The van der Waals surface area contributed by atoms with Crippen LogP contribution in [0.1, 0.15) is 18.4 Å². The lowest BCUT2D eigenvalue weighted by molar-refractivity contribution is -0.140. The summed E-state index contributed by atoms with van der Waals surface area (Å²) in [5, 5.41) is 12.8. The number of esters is 1. The van der Waals surface area contributed by atoms with Gasteiger partial charge in [0.05, 0.1) is 18.6 Å². The Hall–Kier alpha value is -2.22. The van der Waals surface area contributed by atoms with Crippen molar-refractivity contribution >= 4 is 15.8 Å². The molecule has 0 heterocycles. The molecule has 1 unspecified atom stereocenters. The zero-order valence-electron chi connectivity index (χ0n) is 16.2. The molecule has 152 valence electrons. The standard InChI is InChI=1S/C21H27NO5S/c1-27-21(24)4-3-13-22-19(15-23)14-16-5-7-17(8-6-16)18-9-11-20(12-10-18)28(2,25)26/h5-12,19,22-23H,3-4,13-15H2,1-2H3. The minimum Gasteiger partial charge on any atom is -0.469 e. The number of rotatable bonds is 10. The third kappa shape index (κ3) is 6.74. The first-order chi connectivity index (χ1) is 13.3. The number of benzene rings is 2. The van der Waals surface area contributed by atoms with Crippen molar-refractivity contribution in [2.45, 2.75) is 30.2 Å². The number of carbonyl (C=O) groups excluding carboxylic acids is 1. The maximum Gasteiger partial charge on any atom is 0.305 e. The van der Waals surface area contributed by atoms with Crippen LogP contribution in [0.25, 0.3) is 11.1 Å². The summed E-state index contributed by atoms with van der Waals surface area (Å²) in [4.78, 5) is 11.4. The van der Waals surface area contributed by atoms with Crippen molar-refractivity contribution in [2.75, 3.05) is 26.5 Å². The third-order valence-corrected chi connectivity index (χ3v) is 5.62. The number of nitrogens with one attached hydrogen (secondary N) is 1. The number of methoxy groups -OCH3 is 1. The zero-order valence-corrected chi connectivity index (χ0v) is 17.0. The van der Waals surface area contributed by atoms with Gasteiger partial charge in [0.2, 0.25) is 0 Å². The Morgan fingerprint density at radius 3 is 2.14 bits per heavy atom. The summed E-state index contributed by atoms with van der Waals surface area (Å²) in [5.74, 6) is -0.234. The van der Waals surface area contributed by atoms with Gasteiger partial charge in [-0.1, -0.05) is 36.4 Å². The molecule has 2 N–H and O–H groups in total. The van der Waals surface area contributed by atoms with E-state index < -0.39 is 9.84 Å². The fourth-order valence-corrected chi connectivity index (χ4v) is 3.49. The first kappa shape index (κ1) is 22.1. The van der Waals surface area contributed by atoms with Gasteiger partial charge in [0.25, 0.3) is 0 Å². The molecule has 2 aromatic rings. The molecular weight excluding hydrogens is 378 g/mol. The van der Waals surface area contributed by atoms with Crippen molar-refractivity contribution in [1.82, 2.24) is 5.32 Å². The van der Waals surface area contributed by atoms with Crippen LogP contribution in [0.3, 0.4) is 0 Å². The molecular formula is C21H27NO5S. The monoisotopic (exact) mass is 405 g/mol. The van der Waals surface area contributed by atoms with Gasteiger partial charge in [-0.25, -0.2) is 8.42 Å². The van der Waals surface area contributed by atoms with Gasteiger partial charge in [-0.05, 0) is 48.2 Å². The smallest absolute Gasteiger partial charge is 0.305 e. The second-order valence-corrected chi connectivity index (χ2v) is 8.73. The molecule has 0 radical (unpaired) electrons. The Morgan fingerprint density at radius 1 is 1.07 bits per heavy atom. The molecule has 0 fully saturated rings. The van der Waals surface area contributed by atoms with E-state index in [9.17, 15) is 18.3 Å². The maximum absolute atomic E-state index is 11.6. The lowest BCUT2D eigenvalue weighted by Crippen LogP contribution is -2.35. The molecule has 0 saturated heterocycles. The Bertz CT molecular complexity index is 861. The quantitative estimate of drug-likeness (QED) is 0.465. The highest BCUT2D eigenvalue weighted by Gasteiger charge is 2.10. The molecule has 0 spiro atoms. The van der Waals surface area contributed by atoms with E-state index in [-0.39, 0.29) is 18.6 Å². The number of sulfone groups is 1. The first-order valence-electron chi connectivity index (χ1n) is 9.14. The van der Waals surface area contributed by atoms with E-state index in [1.54, 1.807) is 24.3 Å². The summed E-state index contributed by atoms with van der Waals surface area (Å²) in [6.45, 7) is 0.637. The minimum atomic E-state index is -3.20. The third-order valence-electron chi connectivity index (χ3n) is 4.49. The molecule has 28 heavy (non-hydrogen) atoms. The zero-order chi connectivity index (χ0) is 20.6. The highest BCUT2D eigenvalue weighted by Crippen LogP contribution is 2.22. The van der Waals surface area contributed by atoms with E-state index >= 15 is 0 Å². The molecule has 0 amide bonds. The number of carbonyl (C=O) groups is 1. The molecule has 2 aromatic carbocycles. The molecule has 0 aliphatic rings. The number of aliphatic hydroxyl groups is 1. The van der Waals surface area contributed by atoms with Gasteiger partial charge in [0, 0.05) is 18.7 Å². The Labute approximate surface area is 166 Å². The predicted molar refractivity (Wildman–Crippen MR) is 109 cm³/mol. The van der Waals surface area contributed by atoms with Crippen LogP contribution in [0.2, 0.25) is 0 Å². The fourth-order valence-electron chi connectivity index (χ4n) is 2.85. The van der Waals surface area contributed by atoms with Crippen LogP contribution >= 0.6 is 0 Å². The van der Waals surface area contributed by atoms with Crippen LogP contribution in [0.15, 0.2) is 53.4 Å². The number of hydrogen-bond donors (Lipinski definition) is 2. The number of ether oxygens (including phenoxy) is 1. The molecule has 2 rings (SSSR count). The van der Waals surface area contributed by atoms with Crippen molar-refractivity contribution in [2.24, 2.45) is 0 Å². The SMILES string of the molecule is COC(=O)CCCNC(CO)Cc1ccc(-c2ccc(S(C)(=O)=O)cc2)cc1. The fraction of sp³-hybridized carbons (Fsp3) is 0.381. The predicted octanol–water partition coefficient (Wildman–Crippen LogP) is 2.20. The van der Waals surface area contributed by atoms with E-state index in [4.69, 9.17) is 0 Å². The van der Waals surface area contributed by atoms with Crippen LogP contribution in [-0.4, -0.2) is 52.1 Å². The van der Waals surface area contributed by atoms with E-state index in [0.29, 0.717) is 30.7 Å². The van der Waals surface area contributed by atoms with Crippen LogP contribution in [0.4, 0.5) is 0 Å². The molecule has 1 atom stereocenters. The second-order valence-electron chi connectivity index (χ2n) is 6.71. The maximum atomic E-state index is 11.6. The van der Waals surface area contributed by atoms with Gasteiger partial charge in [-0.15, -0.1) is 0 Å². The van der Waals surface area contributed by atoms with Crippen molar-refractivity contribution in [3.05, 3.63) is 54.1 Å². The minimum absolute atomic E-state index is 0.00687. The molecule has 6 nitrogen and oxygen atoms in total. The van der Waals surface area contributed by atoms with E-state index in [0.717, 1.165) is 16.7 Å². The average molecular weight is 406 g/mol. The van der Waals surface area contributed by atoms with Gasteiger partial charge in [0.1, 0.15) is 0 Å². The summed E-state index contributed by atoms with van der Waals surface area (Å²) in [7, 11) is -1.83. The Balaban J connectivity index is 1.93. The average Bonchev–Trinajstić information content (AvgIpc) is 2.70. The van der Waals surface area contributed by atoms with Gasteiger partial charge < -0.3 is 15.2 Å². The van der Waals surface area contributed by atoms with Crippen LogP contribution in [-0.2, 0) is 25.8 Å². The normalized spacial score (nSPS) is 12.5. The lowest BCUT2D eigenvalue weighted by Gasteiger charge is -2.16. The summed E-state index contributed by atoms with van der Waals surface area (Å²) in [5.41, 5.74) is 3.02. The van der Waals surface area contributed by atoms with Gasteiger partial charge in [-0.3, -0.25) is 4.79 Å². The van der Waals surface area contributed by atoms with Crippen molar-refractivity contribution in [1.29, 1.82) is 0 Å². The van der Waals surface area contributed by atoms with E-state index in [1.165, 1.54) is 13.4 Å². The van der Waals surface area contributed by atoms with Crippen LogP contribution in [0, 0.1) is 0 Å². The summed E-state index contributed by atoms with van der Waals surface area (Å²) < 4.78 is 27.7. The summed E-state index contributed by atoms with van der Waals surface area (Å²) >= 11 is 0. The Morgan fingerprint density at radius 2 is 1.64 bits per heavy atom. The van der Waals surface area contributed by atoms with Crippen LogP contribution in [0.5, 0.6) is 0 Å². The van der Waals surface area contributed by atoms with Gasteiger partial charge in [-0.2, -0.15) is 0 Å². The topological polar surface area (TPSA) is 92.7 Å². The van der Waals surface area contributed by atoms with Gasteiger partial charge in [0.15, 0.2) is 9.84 Å². The van der Waals surface area contributed by atoms with E-state index in [2.05, 4.69) is 10.1 Å². The number of aliphatic hydroxyl groups excluding tert-OH is 1. The van der Waals surface area contributed by atoms with Crippen LogP contribution < -0.4 is 5.32 Å². The molecule has 0 aromatic heterocycles. The number of hydrogen-bond acceptors (Lipinski definition) is 6. The highest BCUT2D eigenvalue weighted by molar-refractivity contribution is 7.90. The first-order valence-corrected chi connectivity index (χ1v) is 11.0. The highest BCUT2D eigenvalue weighted by atomic mass is 32.2. The van der Waals surface area contributed by atoms with Gasteiger partial charge >= 0.3 is 5.97 Å². The summed E-state index contributed by atoms with van der Waals surface area (Å²) in [6, 6.07) is 14.7. The van der Waals surface area contributed by atoms with E-state index in [1.807, 2.05) is 24.3 Å². The molecule has 7 heteroatoms. The van der Waals surface area contributed by atoms with Crippen molar-refractivity contribution in [3.63, 3.8) is 0 Å². The summed E-state index contributed by atoms with van der Waals surface area (Å²) in [6.07, 6.45) is 2.87. The Kier molecular flexibility index (Phi) is 8.17. The lowest BCUT2D eigenvalue weighted by atomic mass is 10.0.